The molecular formula is C13H17BrFNO2. The second kappa shape index (κ2) is 5.80. The molecule has 0 unspecified atom stereocenters. The molecule has 0 radical (unpaired) electrons. The average Bonchev–Trinajstić information content (AvgIpc) is 2.13. The van der Waals surface area contributed by atoms with Gasteiger partial charge in [-0.25, -0.2) is 4.39 Å². The Labute approximate surface area is 115 Å². The van der Waals surface area contributed by atoms with E-state index in [0.29, 0.717) is 10.0 Å². The van der Waals surface area contributed by atoms with Crippen LogP contribution in [0.5, 0.6) is 0 Å². The fourth-order valence-corrected chi connectivity index (χ4v) is 2.17. The van der Waals surface area contributed by atoms with E-state index in [9.17, 15) is 9.18 Å². The molecule has 1 aromatic carbocycles. The first kappa shape index (κ1) is 15.1. The first-order chi connectivity index (χ1) is 8.20. The van der Waals surface area contributed by atoms with Crippen molar-refractivity contribution >= 4 is 21.9 Å². The highest BCUT2D eigenvalue weighted by Gasteiger charge is 2.22. The maximum atomic E-state index is 13.6. The molecule has 2 N–H and O–H groups in total. The predicted octanol–water partition coefficient (Wildman–Crippen LogP) is 3.32. The van der Waals surface area contributed by atoms with Crippen LogP contribution >= 0.6 is 15.9 Å². The molecule has 100 valence electrons. The average molecular weight is 318 g/mol. The Hall–Kier alpha value is -0.940. The molecule has 0 aliphatic heterocycles. The number of benzene rings is 1. The Morgan fingerprint density at radius 2 is 2.11 bits per heavy atom. The molecule has 0 heterocycles. The normalized spacial score (nSPS) is 13.2. The van der Waals surface area contributed by atoms with Crippen molar-refractivity contribution in [3.05, 3.63) is 34.1 Å². The molecule has 0 aromatic heterocycles. The third-order valence-corrected chi connectivity index (χ3v) is 2.87. The van der Waals surface area contributed by atoms with E-state index in [1.807, 2.05) is 0 Å². The van der Waals surface area contributed by atoms with E-state index in [2.05, 4.69) is 15.9 Å². The van der Waals surface area contributed by atoms with Crippen LogP contribution in [0, 0.1) is 5.82 Å². The summed E-state index contributed by atoms with van der Waals surface area (Å²) in [4.78, 5) is 11.6. The monoisotopic (exact) mass is 317 g/mol. The van der Waals surface area contributed by atoms with E-state index < -0.39 is 23.4 Å². The van der Waals surface area contributed by atoms with E-state index in [1.54, 1.807) is 32.9 Å². The van der Waals surface area contributed by atoms with Crippen LogP contribution in [0.4, 0.5) is 4.39 Å². The Balaban J connectivity index is 2.77. The van der Waals surface area contributed by atoms with E-state index >= 15 is 0 Å². The third-order valence-electron chi connectivity index (χ3n) is 2.18. The summed E-state index contributed by atoms with van der Waals surface area (Å²) in [5, 5.41) is 0. The molecule has 1 aromatic rings. The van der Waals surface area contributed by atoms with Crippen LogP contribution in [0.2, 0.25) is 0 Å². The molecule has 0 aliphatic rings. The van der Waals surface area contributed by atoms with Gasteiger partial charge < -0.3 is 10.5 Å². The first-order valence-electron chi connectivity index (χ1n) is 5.62. The van der Waals surface area contributed by atoms with E-state index in [1.165, 1.54) is 6.07 Å². The van der Waals surface area contributed by atoms with Gasteiger partial charge in [0, 0.05) is 16.1 Å². The summed E-state index contributed by atoms with van der Waals surface area (Å²) in [6, 6.07) is 3.85. The van der Waals surface area contributed by atoms with Crippen molar-refractivity contribution in [1.82, 2.24) is 0 Å². The lowest BCUT2D eigenvalue weighted by Gasteiger charge is -2.21. The molecule has 1 atom stereocenters. The van der Waals surface area contributed by atoms with Gasteiger partial charge in [-0.3, -0.25) is 4.79 Å². The molecule has 0 amide bonds. The summed E-state index contributed by atoms with van der Waals surface area (Å²) in [6.45, 7) is 5.32. The summed E-state index contributed by atoms with van der Waals surface area (Å²) in [5.41, 5.74) is 5.57. The second-order valence-electron chi connectivity index (χ2n) is 5.03. The highest BCUT2D eigenvalue weighted by atomic mass is 79.9. The van der Waals surface area contributed by atoms with Gasteiger partial charge in [0.15, 0.2) is 0 Å². The minimum absolute atomic E-state index is 0.0587. The van der Waals surface area contributed by atoms with Crippen LogP contribution in [0.25, 0.3) is 0 Å². The minimum atomic E-state index is -0.726. The maximum absolute atomic E-state index is 13.6. The topological polar surface area (TPSA) is 52.3 Å². The highest BCUT2D eigenvalue weighted by Crippen LogP contribution is 2.27. The lowest BCUT2D eigenvalue weighted by Crippen LogP contribution is -2.27. The van der Waals surface area contributed by atoms with Crippen molar-refractivity contribution in [2.75, 3.05) is 0 Å². The summed E-state index contributed by atoms with van der Waals surface area (Å²) in [5.74, 6) is -0.870. The molecule has 0 saturated carbocycles. The molecule has 5 heteroatoms. The number of esters is 1. The van der Waals surface area contributed by atoms with Crippen molar-refractivity contribution in [3.63, 3.8) is 0 Å². The number of rotatable bonds is 3. The fraction of sp³-hybridized carbons (Fsp3) is 0.462. The van der Waals surface area contributed by atoms with Crippen LogP contribution in [0.15, 0.2) is 22.7 Å². The van der Waals surface area contributed by atoms with Gasteiger partial charge in [0.1, 0.15) is 11.4 Å². The summed E-state index contributed by atoms with van der Waals surface area (Å²) in [6.07, 6.45) is -0.0587. The fourth-order valence-electron chi connectivity index (χ4n) is 1.53. The predicted molar refractivity (Wildman–Crippen MR) is 71.5 cm³/mol. The molecule has 0 bridgehead atoms. The number of ether oxygens (including phenoxy) is 1. The number of hydrogen-bond acceptors (Lipinski definition) is 3. The maximum Gasteiger partial charge on any atom is 0.308 e. The molecular weight excluding hydrogens is 301 g/mol. The van der Waals surface area contributed by atoms with Crippen LogP contribution in [0.3, 0.4) is 0 Å². The number of nitrogens with two attached hydrogens (primary N) is 1. The largest absolute Gasteiger partial charge is 0.460 e. The van der Waals surface area contributed by atoms with Gasteiger partial charge in [-0.05, 0) is 32.9 Å². The highest BCUT2D eigenvalue weighted by molar-refractivity contribution is 9.10. The van der Waals surface area contributed by atoms with Crippen molar-refractivity contribution in [3.8, 4) is 0 Å². The molecule has 0 saturated heterocycles. The summed E-state index contributed by atoms with van der Waals surface area (Å²) in [7, 11) is 0. The zero-order valence-electron chi connectivity index (χ0n) is 10.7. The first-order valence-corrected chi connectivity index (χ1v) is 6.41. The van der Waals surface area contributed by atoms with Crippen LogP contribution in [0.1, 0.15) is 38.8 Å². The Morgan fingerprint density at radius 3 is 2.61 bits per heavy atom. The third kappa shape index (κ3) is 4.38. The second-order valence-corrected chi connectivity index (χ2v) is 5.89. The zero-order valence-corrected chi connectivity index (χ0v) is 12.3. The van der Waals surface area contributed by atoms with Gasteiger partial charge in [-0.2, -0.15) is 0 Å². The lowest BCUT2D eigenvalue weighted by molar-refractivity contribution is -0.155. The van der Waals surface area contributed by atoms with Crippen molar-refractivity contribution in [2.24, 2.45) is 5.73 Å². The SMILES string of the molecule is CC(C)(C)OC(=O)C[C@@H](N)c1c(F)cccc1Br. The summed E-state index contributed by atoms with van der Waals surface area (Å²) < 4.78 is 19.3. The Morgan fingerprint density at radius 1 is 1.50 bits per heavy atom. The molecule has 3 nitrogen and oxygen atoms in total. The summed E-state index contributed by atoms with van der Waals surface area (Å²) >= 11 is 3.23. The minimum Gasteiger partial charge on any atom is -0.460 e. The van der Waals surface area contributed by atoms with Gasteiger partial charge in [-0.15, -0.1) is 0 Å². The standard InChI is InChI=1S/C13H17BrFNO2/c1-13(2,3)18-11(17)7-10(16)12-8(14)5-4-6-9(12)15/h4-6,10H,7,16H2,1-3H3/t10-/m1/s1. The van der Waals surface area contributed by atoms with Crippen molar-refractivity contribution < 1.29 is 13.9 Å². The van der Waals surface area contributed by atoms with Gasteiger partial charge in [0.2, 0.25) is 0 Å². The van der Waals surface area contributed by atoms with Crippen LogP contribution in [-0.4, -0.2) is 11.6 Å². The van der Waals surface area contributed by atoms with E-state index in [4.69, 9.17) is 10.5 Å². The van der Waals surface area contributed by atoms with Crippen LogP contribution < -0.4 is 5.73 Å². The van der Waals surface area contributed by atoms with Gasteiger partial charge in [0.25, 0.3) is 0 Å². The quantitative estimate of drug-likeness (QED) is 0.870. The molecule has 1 rings (SSSR count). The van der Waals surface area contributed by atoms with Crippen LogP contribution in [-0.2, 0) is 9.53 Å². The number of hydrogen-bond donors (Lipinski definition) is 1. The Bertz CT molecular complexity index is 423. The molecule has 0 fully saturated rings. The van der Waals surface area contributed by atoms with Gasteiger partial charge in [0.05, 0.1) is 6.42 Å². The van der Waals surface area contributed by atoms with E-state index in [-0.39, 0.29) is 6.42 Å². The smallest absolute Gasteiger partial charge is 0.308 e. The van der Waals surface area contributed by atoms with Gasteiger partial charge in [-0.1, -0.05) is 22.0 Å². The van der Waals surface area contributed by atoms with Gasteiger partial charge >= 0.3 is 5.97 Å². The number of carbonyl (C=O) groups is 1. The van der Waals surface area contributed by atoms with Crippen molar-refractivity contribution in [2.45, 2.75) is 38.8 Å². The molecule has 0 aliphatic carbocycles. The van der Waals surface area contributed by atoms with Crippen molar-refractivity contribution in [1.29, 1.82) is 0 Å². The zero-order chi connectivity index (χ0) is 13.9. The molecule has 18 heavy (non-hydrogen) atoms. The number of halogens is 2. The number of carbonyl (C=O) groups excluding carboxylic acids is 1. The Kier molecular flexibility index (Phi) is 4.87. The molecule has 0 spiro atoms. The van der Waals surface area contributed by atoms with E-state index in [0.717, 1.165) is 0 Å². The lowest BCUT2D eigenvalue weighted by atomic mass is 10.0.